The molecular weight excluding hydrogens is 340 g/mol. The number of benzene rings is 3. The summed E-state index contributed by atoms with van der Waals surface area (Å²) in [5, 5.41) is 3.96. The van der Waals surface area contributed by atoms with Crippen LogP contribution in [0.4, 0.5) is 0 Å². The van der Waals surface area contributed by atoms with Crippen molar-refractivity contribution < 1.29 is 14.3 Å². The van der Waals surface area contributed by atoms with E-state index in [1.807, 2.05) is 54.6 Å². The van der Waals surface area contributed by atoms with Gasteiger partial charge in [0.25, 0.3) is 5.91 Å². The highest BCUT2D eigenvalue weighted by atomic mass is 16.5. The Morgan fingerprint density at radius 2 is 1.52 bits per heavy atom. The molecule has 0 atom stereocenters. The summed E-state index contributed by atoms with van der Waals surface area (Å²) < 4.78 is 10.6. The zero-order valence-corrected chi connectivity index (χ0v) is 15.0. The van der Waals surface area contributed by atoms with Crippen molar-refractivity contribution in [2.75, 3.05) is 13.7 Å². The molecule has 0 saturated carbocycles. The van der Waals surface area contributed by atoms with Gasteiger partial charge in [-0.2, -0.15) is 5.10 Å². The number of ether oxygens (including phenoxy) is 2. The van der Waals surface area contributed by atoms with Gasteiger partial charge in [0.2, 0.25) is 0 Å². The molecule has 0 saturated heterocycles. The van der Waals surface area contributed by atoms with Crippen LogP contribution in [0.2, 0.25) is 0 Å². The zero-order valence-electron chi connectivity index (χ0n) is 15.0. The van der Waals surface area contributed by atoms with Crippen molar-refractivity contribution >= 4 is 12.1 Å². The molecule has 3 aromatic carbocycles. The molecule has 27 heavy (non-hydrogen) atoms. The predicted octanol–water partition coefficient (Wildman–Crippen LogP) is 3.89. The Bertz CT molecular complexity index is 906. The van der Waals surface area contributed by atoms with Gasteiger partial charge in [-0.1, -0.05) is 66.7 Å². The molecule has 0 aliphatic heterocycles. The van der Waals surface area contributed by atoms with Crippen LogP contribution in [-0.2, 0) is 4.79 Å². The van der Waals surface area contributed by atoms with Gasteiger partial charge in [-0.25, -0.2) is 5.43 Å². The molecule has 0 aliphatic rings. The highest BCUT2D eigenvalue weighted by Gasteiger charge is 2.05. The fourth-order valence-corrected chi connectivity index (χ4v) is 2.48. The van der Waals surface area contributed by atoms with Gasteiger partial charge in [0, 0.05) is 0 Å². The van der Waals surface area contributed by atoms with Crippen LogP contribution in [0.25, 0.3) is 11.1 Å². The van der Waals surface area contributed by atoms with Gasteiger partial charge in [-0.05, 0) is 28.8 Å². The second-order valence-corrected chi connectivity index (χ2v) is 5.72. The maximum absolute atomic E-state index is 11.9. The van der Waals surface area contributed by atoms with E-state index in [0.29, 0.717) is 11.5 Å². The highest BCUT2D eigenvalue weighted by molar-refractivity contribution is 5.83. The fourth-order valence-electron chi connectivity index (χ4n) is 2.48. The van der Waals surface area contributed by atoms with Gasteiger partial charge in [-0.15, -0.1) is 0 Å². The van der Waals surface area contributed by atoms with Crippen molar-refractivity contribution in [3.63, 3.8) is 0 Å². The Kier molecular flexibility index (Phi) is 6.20. The van der Waals surface area contributed by atoms with Crippen LogP contribution in [0.1, 0.15) is 5.56 Å². The monoisotopic (exact) mass is 360 g/mol. The lowest BCUT2D eigenvalue weighted by atomic mass is 10.0. The summed E-state index contributed by atoms with van der Waals surface area (Å²) in [6.07, 6.45) is 1.59. The number of carbonyl (C=O) groups excluding carboxylic acids is 1. The summed E-state index contributed by atoms with van der Waals surface area (Å²) in [4.78, 5) is 11.9. The van der Waals surface area contributed by atoms with E-state index >= 15 is 0 Å². The first-order chi connectivity index (χ1) is 13.3. The van der Waals surface area contributed by atoms with E-state index in [0.717, 1.165) is 16.7 Å². The Labute approximate surface area is 158 Å². The minimum Gasteiger partial charge on any atom is -0.493 e. The molecule has 0 radical (unpaired) electrons. The average Bonchev–Trinajstić information content (AvgIpc) is 2.73. The molecule has 0 aliphatic carbocycles. The summed E-state index contributed by atoms with van der Waals surface area (Å²) in [6.45, 7) is -0.148. The Morgan fingerprint density at radius 3 is 2.22 bits per heavy atom. The van der Waals surface area contributed by atoms with Gasteiger partial charge in [0.15, 0.2) is 18.1 Å². The minimum absolute atomic E-state index is 0.148. The van der Waals surface area contributed by atoms with E-state index in [1.54, 1.807) is 25.5 Å². The average molecular weight is 360 g/mol. The van der Waals surface area contributed by atoms with Crippen LogP contribution in [-0.4, -0.2) is 25.8 Å². The van der Waals surface area contributed by atoms with Crippen LogP contribution >= 0.6 is 0 Å². The lowest BCUT2D eigenvalue weighted by Gasteiger charge is -2.09. The first-order valence-electron chi connectivity index (χ1n) is 8.49. The zero-order chi connectivity index (χ0) is 18.9. The number of hydrogen-bond acceptors (Lipinski definition) is 4. The number of rotatable bonds is 7. The number of hydrazone groups is 1. The van der Waals surface area contributed by atoms with E-state index in [4.69, 9.17) is 9.47 Å². The number of para-hydroxylation sites is 2. The summed E-state index contributed by atoms with van der Waals surface area (Å²) in [6, 6.07) is 25.2. The van der Waals surface area contributed by atoms with Gasteiger partial charge in [0.1, 0.15) is 0 Å². The van der Waals surface area contributed by atoms with E-state index in [1.165, 1.54) is 0 Å². The second-order valence-electron chi connectivity index (χ2n) is 5.72. The third kappa shape index (κ3) is 5.19. The Hall–Kier alpha value is -3.60. The fraction of sp³-hybridized carbons (Fsp3) is 0.0909. The molecule has 0 fully saturated rings. The number of hydrogen-bond donors (Lipinski definition) is 1. The molecule has 5 heteroatoms. The molecular formula is C22H20N2O3. The number of nitrogens with zero attached hydrogens (tertiary/aromatic N) is 1. The summed E-state index contributed by atoms with van der Waals surface area (Å²) in [5.74, 6) is 0.737. The van der Waals surface area contributed by atoms with E-state index in [9.17, 15) is 4.79 Å². The smallest absolute Gasteiger partial charge is 0.277 e. The number of nitrogens with one attached hydrogen (secondary N) is 1. The third-order valence-corrected chi connectivity index (χ3v) is 3.85. The second kappa shape index (κ2) is 9.20. The molecule has 0 aromatic heterocycles. The van der Waals surface area contributed by atoms with Crippen LogP contribution in [0.3, 0.4) is 0 Å². The topological polar surface area (TPSA) is 59.9 Å². The molecule has 0 heterocycles. The van der Waals surface area contributed by atoms with Gasteiger partial charge < -0.3 is 9.47 Å². The first-order valence-corrected chi connectivity index (χ1v) is 8.49. The van der Waals surface area contributed by atoms with Crippen LogP contribution < -0.4 is 14.9 Å². The number of carbonyl (C=O) groups is 1. The predicted molar refractivity (Wildman–Crippen MR) is 106 cm³/mol. The summed E-state index contributed by atoms with van der Waals surface area (Å²) >= 11 is 0. The minimum atomic E-state index is -0.349. The van der Waals surface area contributed by atoms with Crippen molar-refractivity contribution in [1.82, 2.24) is 5.43 Å². The normalized spacial score (nSPS) is 10.6. The Morgan fingerprint density at radius 1 is 0.889 bits per heavy atom. The molecule has 1 N–H and O–H groups in total. The summed E-state index contributed by atoms with van der Waals surface area (Å²) in [5.41, 5.74) is 5.62. The van der Waals surface area contributed by atoms with Crippen LogP contribution in [0.5, 0.6) is 11.5 Å². The van der Waals surface area contributed by atoms with Gasteiger partial charge >= 0.3 is 0 Å². The lowest BCUT2D eigenvalue weighted by molar-refractivity contribution is -0.123. The molecule has 0 bridgehead atoms. The SMILES string of the molecule is COc1ccccc1OCC(=O)N/N=C\c1ccc(-c2ccccc2)cc1. The summed E-state index contributed by atoms with van der Waals surface area (Å²) in [7, 11) is 1.55. The molecule has 3 rings (SSSR count). The molecule has 1 amide bonds. The highest BCUT2D eigenvalue weighted by Crippen LogP contribution is 2.25. The van der Waals surface area contributed by atoms with Crippen molar-refractivity contribution in [2.45, 2.75) is 0 Å². The van der Waals surface area contributed by atoms with Crippen molar-refractivity contribution in [3.05, 3.63) is 84.4 Å². The van der Waals surface area contributed by atoms with E-state index in [-0.39, 0.29) is 12.5 Å². The lowest BCUT2D eigenvalue weighted by Crippen LogP contribution is -2.24. The van der Waals surface area contributed by atoms with E-state index < -0.39 is 0 Å². The third-order valence-electron chi connectivity index (χ3n) is 3.85. The maximum atomic E-state index is 11.9. The van der Waals surface area contributed by atoms with E-state index in [2.05, 4.69) is 22.7 Å². The molecule has 3 aromatic rings. The maximum Gasteiger partial charge on any atom is 0.277 e. The van der Waals surface area contributed by atoms with Crippen molar-refractivity contribution in [2.24, 2.45) is 5.10 Å². The number of methoxy groups -OCH3 is 1. The number of amides is 1. The standard InChI is InChI=1S/C22H20N2O3/c1-26-20-9-5-6-10-21(20)27-16-22(25)24-23-15-17-11-13-19(14-12-17)18-7-3-2-4-8-18/h2-15H,16H2,1H3,(H,24,25)/b23-15-. The Balaban J connectivity index is 1.50. The van der Waals surface area contributed by atoms with Gasteiger partial charge in [-0.3, -0.25) is 4.79 Å². The molecule has 0 unspecified atom stereocenters. The first kappa shape index (κ1) is 18.2. The van der Waals surface area contributed by atoms with Crippen LogP contribution in [0, 0.1) is 0 Å². The van der Waals surface area contributed by atoms with Crippen molar-refractivity contribution in [3.8, 4) is 22.6 Å². The van der Waals surface area contributed by atoms with Crippen LogP contribution in [0.15, 0.2) is 84.0 Å². The quantitative estimate of drug-likeness (QED) is 0.514. The van der Waals surface area contributed by atoms with Crippen molar-refractivity contribution in [1.29, 1.82) is 0 Å². The molecule has 5 nitrogen and oxygen atoms in total. The van der Waals surface area contributed by atoms with Gasteiger partial charge in [0.05, 0.1) is 13.3 Å². The molecule has 136 valence electrons. The molecule has 0 spiro atoms. The largest absolute Gasteiger partial charge is 0.493 e.